The van der Waals surface area contributed by atoms with Gasteiger partial charge in [-0.1, -0.05) is 18.2 Å². The highest BCUT2D eigenvalue weighted by molar-refractivity contribution is 7.99. The lowest BCUT2D eigenvalue weighted by Gasteiger charge is -2.22. The summed E-state index contributed by atoms with van der Waals surface area (Å²) in [4.78, 5) is 0. The number of piperidine rings is 1. The van der Waals surface area contributed by atoms with E-state index in [1.807, 2.05) is 0 Å². The molecule has 0 saturated carbocycles. The van der Waals surface area contributed by atoms with Crippen molar-refractivity contribution in [3.8, 4) is 0 Å². The summed E-state index contributed by atoms with van der Waals surface area (Å²) in [6.07, 6.45) is 5.41. The normalized spacial score (nSPS) is 22.4. The maximum atomic E-state index is 5.61. The molecule has 2 rings (SSSR count). The van der Waals surface area contributed by atoms with Gasteiger partial charge in [0.25, 0.3) is 0 Å². The monoisotopic (exact) mass is 213 g/mol. The summed E-state index contributed by atoms with van der Waals surface area (Å²) in [7, 11) is 0. The van der Waals surface area contributed by atoms with Crippen LogP contribution in [0.4, 0.5) is 0 Å². The Labute approximate surface area is 87.4 Å². The molecule has 14 heavy (non-hydrogen) atoms. The van der Waals surface area contributed by atoms with Crippen molar-refractivity contribution in [3.63, 3.8) is 0 Å². The number of nitrogens with zero attached hydrogens (tertiary/aromatic N) is 3. The highest BCUT2D eigenvalue weighted by Gasteiger charge is 2.13. The van der Waals surface area contributed by atoms with Gasteiger partial charge in [-0.05, 0) is 19.4 Å². The van der Waals surface area contributed by atoms with Gasteiger partial charge in [0.15, 0.2) is 0 Å². The van der Waals surface area contributed by atoms with Gasteiger partial charge >= 0.3 is 0 Å². The summed E-state index contributed by atoms with van der Waals surface area (Å²) >= 11 is 1.66. The lowest BCUT2D eigenvalue weighted by molar-refractivity contribution is 0.429. The van der Waals surface area contributed by atoms with Crippen LogP contribution in [0.25, 0.3) is 0 Å². The van der Waals surface area contributed by atoms with Gasteiger partial charge in [0.05, 0.1) is 0 Å². The van der Waals surface area contributed by atoms with E-state index in [2.05, 4.69) is 15.5 Å². The number of rotatable bonds is 3. The SMILES string of the molecule is Nn1cnnc1SCC1CCCCN1. The summed E-state index contributed by atoms with van der Waals surface area (Å²) in [5.41, 5.74) is 0. The second-order valence-corrected chi connectivity index (χ2v) is 4.47. The Hall–Kier alpha value is -0.750. The molecule has 1 aromatic rings. The molecule has 0 aromatic carbocycles. The summed E-state index contributed by atoms with van der Waals surface area (Å²) in [5.74, 6) is 6.63. The molecule has 0 amide bonds. The van der Waals surface area contributed by atoms with Crippen molar-refractivity contribution >= 4 is 11.8 Å². The van der Waals surface area contributed by atoms with Crippen LogP contribution in [0.15, 0.2) is 11.5 Å². The molecule has 1 aliphatic rings. The Balaban J connectivity index is 1.79. The predicted molar refractivity (Wildman–Crippen MR) is 56.5 cm³/mol. The number of hydrogen-bond acceptors (Lipinski definition) is 5. The van der Waals surface area contributed by atoms with E-state index >= 15 is 0 Å². The third-order valence-corrected chi connectivity index (χ3v) is 3.49. The molecule has 1 aromatic heterocycles. The minimum absolute atomic E-state index is 0.602. The van der Waals surface area contributed by atoms with Gasteiger partial charge in [-0.3, -0.25) is 0 Å². The van der Waals surface area contributed by atoms with Crippen molar-refractivity contribution < 1.29 is 0 Å². The lowest BCUT2D eigenvalue weighted by atomic mass is 10.1. The highest BCUT2D eigenvalue weighted by atomic mass is 32.2. The number of aromatic nitrogens is 3. The predicted octanol–water partition coefficient (Wildman–Crippen LogP) is 0.226. The first-order chi connectivity index (χ1) is 6.86. The van der Waals surface area contributed by atoms with E-state index in [1.54, 1.807) is 11.8 Å². The molecule has 1 atom stereocenters. The maximum absolute atomic E-state index is 5.61. The Morgan fingerprint density at radius 3 is 3.21 bits per heavy atom. The fraction of sp³-hybridized carbons (Fsp3) is 0.750. The average Bonchev–Trinajstić information content (AvgIpc) is 2.63. The van der Waals surface area contributed by atoms with E-state index in [-0.39, 0.29) is 0 Å². The molecule has 5 nitrogen and oxygen atoms in total. The van der Waals surface area contributed by atoms with Crippen LogP contribution in [0.5, 0.6) is 0 Å². The Morgan fingerprint density at radius 2 is 2.57 bits per heavy atom. The third-order valence-electron chi connectivity index (χ3n) is 2.37. The first-order valence-corrected chi connectivity index (χ1v) is 5.86. The zero-order chi connectivity index (χ0) is 9.80. The van der Waals surface area contributed by atoms with Gasteiger partial charge in [-0.25, -0.2) is 4.68 Å². The van der Waals surface area contributed by atoms with Crippen molar-refractivity contribution in [2.45, 2.75) is 30.5 Å². The van der Waals surface area contributed by atoms with Crippen LogP contribution in [0.1, 0.15) is 19.3 Å². The molecular formula is C8H15N5S. The second kappa shape index (κ2) is 4.65. The smallest absolute Gasteiger partial charge is 0.209 e. The van der Waals surface area contributed by atoms with Gasteiger partial charge < -0.3 is 11.2 Å². The topological polar surface area (TPSA) is 68.8 Å². The molecule has 6 heteroatoms. The van der Waals surface area contributed by atoms with Crippen molar-refractivity contribution in [2.75, 3.05) is 18.1 Å². The van der Waals surface area contributed by atoms with Crippen LogP contribution in [-0.2, 0) is 0 Å². The zero-order valence-electron chi connectivity index (χ0n) is 8.02. The van der Waals surface area contributed by atoms with Gasteiger partial charge in [0.2, 0.25) is 5.16 Å². The third kappa shape index (κ3) is 2.39. The lowest BCUT2D eigenvalue weighted by Crippen LogP contribution is -2.35. The zero-order valence-corrected chi connectivity index (χ0v) is 8.83. The van der Waals surface area contributed by atoms with Crippen molar-refractivity contribution in [2.24, 2.45) is 0 Å². The van der Waals surface area contributed by atoms with Crippen molar-refractivity contribution in [3.05, 3.63) is 6.33 Å². The standard InChI is InChI=1S/C8H15N5S/c9-13-6-11-12-8(13)14-5-7-3-1-2-4-10-7/h6-7,10H,1-5,9H2. The molecule has 1 fully saturated rings. The summed E-state index contributed by atoms with van der Waals surface area (Å²) in [5, 5.41) is 11.9. The van der Waals surface area contributed by atoms with E-state index < -0.39 is 0 Å². The second-order valence-electron chi connectivity index (χ2n) is 3.48. The molecule has 1 aliphatic heterocycles. The van der Waals surface area contributed by atoms with E-state index in [1.165, 1.54) is 30.3 Å². The van der Waals surface area contributed by atoms with E-state index in [9.17, 15) is 0 Å². The summed E-state index contributed by atoms with van der Waals surface area (Å²) in [6.45, 7) is 1.14. The molecule has 2 heterocycles. The Morgan fingerprint density at radius 1 is 1.64 bits per heavy atom. The van der Waals surface area contributed by atoms with Gasteiger partial charge in [-0.15, -0.1) is 10.2 Å². The van der Waals surface area contributed by atoms with Crippen LogP contribution in [-0.4, -0.2) is 33.2 Å². The first-order valence-electron chi connectivity index (χ1n) is 4.87. The molecule has 0 aliphatic carbocycles. The molecule has 1 unspecified atom stereocenters. The van der Waals surface area contributed by atoms with E-state index in [0.717, 1.165) is 17.5 Å². The Kier molecular flexibility index (Phi) is 3.26. The van der Waals surface area contributed by atoms with Crippen molar-refractivity contribution in [1.82, 2.24) is 20.2 Å². The van der Waals surface area contributed by atoms with Gasteiger partial charge in [-0.2, -0.15) is 0 Å². The first kappa shape index (κ1) is 9.79. The average molecular weight is 213 g/mol. The number of nitrogen functional groups attached to an aromatic ring is 1. The molecule has 1 saturated heterocycles. The van der Waals surface area contributed by atoms with Crippen LogP contribution < -0.4 is 11.2 Å². The van der Waals surface area contributed by atoms with E-state index in [0.29, 0.717) is 6.04 Å². The van der Waals surface area contributed by atoms with Crippen LogP contribution in [0.3, 0.4) is 0 Å². The highest BCUT2D eigenvalue weighted by Crippen LogP contribution is 2.17. The summed E-state index contributed by atoms with van der Waals surface area (Å²) < 4.78 is 1.47. The molecule has 0 bridgehead atoms. The minimum atomic E-state index is 0.602. The van der Waals surface area contributed by atoms with Crippen LogP contribution in [0.2, 0.25) is 0 Å². The molecule has 3 N–H and O–H groups in total. The summed E-state index contributed by atoms with van der Waals surface area (Å²) in [6, 6.07) is 0.602. The number of hydrogen-bond donors (Lipinski definition) is 2. The Bertz CT molecular complexity index is 281. The number of thioether (sulfide) groups is 1. The number of nitrogens with one attached hydrogen (secondary N) is 1. The molecule has 0 radical (unpaired) electrons. The van der Waals surface area contributed by atoms with Gasteiger partial charge in [0, 0.05) is 11.8 Å². The molecular weight excluding hydrogens is 198 g/mol. The maximum Gasteiger partial charge on any atom is 0.209 e. The van der Waals surface area contributed by atoms with Crippen LogP contribution >= 0.6 is 11.8 Å². The van der Waals surface area contributed by atoms with Crippen molar-refractivity contribution in [1.29, 1.82) is 0 Å². The van der Waals surface area contributed by atoms with Crippen LogP contribution in [0, 0.1) is 0 Å². The molecule has 0 spiro atoms. The van der Waals surface area contributed by atoms with E-state index in [4.69, 9.17) is 5.84 Å². The minimum Gasteiger partial charge on any atom is -0.336 e. The molecule has 78 valence electrons. The fourth-order valence-electron chi connectivity index (χ4n) is 1.58. The fourth-order valence-corrected chi connectivity index (χ4v) is 2.51. The number of nitrogens with two attached hydrogens (primary N) is 1. The largest absolute Gasteiger partial charge is 0.336 e. The van der Waals surface area contributed by atoms with Gasteiger partial charge in [0.1, 0.15) is 6.33 Å². The quantitative estimate of drug-likeness (QED) is 0.555.